The highest BCUT2D eigenvalue weighted by atomic mass is 79.9. The van der Waals surface area contributed by atoms with Crippen molar-refractivity contribution >= 4 is 82.3 Å². The Morgan fingerprint density at radius 1 is 1.12 bits per heavy atom. The van der Waals surface area contributed by atoms with Crippen LogP contribution in [-0.4, -0.2) is 0 Å². The molecule has 0 amide bonds. The fraction of sp³-hybridized carbons (Fsp3) is 0.0909. The van der Waals surface area contributed by atoms with E-state index in [0.29, 0.717) is 0 Å². The molecule has 1 heterocycles. The number of benzene rings is 1. The third-order valence-corrected chi connectivity index (χ3v) is 6.80. The van der Waals surface area contributed by atoms with Crippen molar-refractivity contribution in [2.75, 3.05) is 0 Å². The minimum absolute atomic E-state index is 0.0527. The smallest absolute Gasteiger partial charge is 0.107 e. The topological polar surface area (TPSA) is 0 Å². The summed E-state index contributed by atoms with van der Waals surface area (Å²) in [5.41, 5.74) is 1.03. The van der Waals surface area contributed by atoms with Gasteiger partial charge in [0.05, 0.1) is 4.83 Å². The standard InChI is InChI=1S/C11H5Br3Cl2S/c12-5-1-2-6(8(15)3-5)10(14)9-4-7(13)11(16)17-9/h1-4,10H. The van der Waals surface area contributed by atoms with Crippen LogP contribution in [0.2, 0.25) is 9.36 Å². The molecule has 1 atom stereocenters. The van der Waals surface area contributed by atoms with Crippen LogP contribution in [0.4, 0.5) is 0 Å². The molecule has 2 rings (SSSR count). The SMILES string of the molecule is Clc1cc(Br)ccc1C(Br)c1cc(Br)c(Cl)s1. The minimum Gasteiger partial charge on any atom is -0.126 e. The summed E-state index contributed by atoms with van der Waals surface area (Å²) in [4.78, 5) is 1.17. The highest BCUT2D eigenvalue weighted by Crippen LogP contribution is 2.43. The number of alkyl halides is 1. The monoisotopic (exact) mass is 476 g/mol. The van der Waals surface area contributed by atoms with E-state index in [2.05, 4.69) is 47.8 Å². The lowest BCUT2D eigenvalue weighted by Gasteiger charge is -2.10. The molecule has 0 N–H and O–H groups in total. The van der Waals surface area contributed by atoms with Gasteiger partial charge in [-0.25, -0.2) is 0 Å². The molecular weight excluding hydrogens is 475 g/mol. The molecule has 0 saturated carbocycles. The molecule has 1 unspecified atom stereocenters. The van der Waals surface area contributed by atoms with Crippen LogP contribution in [0, 0.1) is 0 Å². The summed E-state index contributed by atoms with van der Waals surface area (Å²) in [6.07, 6.45) is 0. The molecule has 0 aliphatic carbocycles. The van der Waals surface area contributed by atoms with Crippen molar-refractivity contribution in [2.24, 2.45) is 0 Å². The van der Waals surface area contributed by atoms with Crippen LogP contribution in [0.5, 0.6) is 0 Å². The molecule has 0 aliphatic rings. The third-order valence-electron chi connectivity index (χ3n) is 2.15. The van der Waals surface area contributed by atoms with E-state index < -0.39 is 0 Å². The lowest BCUT2D eigenvalue weighted by molar-refractivity contribution is 1.22. The Balaban J connectivity index is 2.39. The molecule has 90 valence electrons. The van der Waals surface area contributed by atoms with E-state index in [-0.39, 0.29) is 4.83 Å². The first kappa shape index (κ1) is 14.4. The average Bonchev–Trinajstić information content (AvgIpc) is 2.58. The summed E-state index contributed by atoms with van der Waals surface area (Å²) < 4.78 is 2.63. The molecule has 0 saturated heterocycles. The zero-order valence-electron chi connectivity index (χ0n) is 8.18. The van der Waals surface area contributed by atoms with Crippen LogP contribution < -0.4 is 0 Å². The molecule has 1 aromatic carbocycles. The van der Waals surface area contributed by atoms with Crippen molar-refractivity contribution in [3.63, 3.8) is 0 Å². The number of hydrogen-bond acceptors (Lipinski definition) is 1. The van der Waals surface area contributed by atoms with E-state index in [1.54, 1.807) is 0 Å². The maximum absolute atomic E-state index is 6.22. The predicted molar refractivity (Wildman–Crippen MR) is 87.0 cm³/mol. The molecule has 6 heteroatoms. The van der Waals surface area contributed by atoms with E-state index >= 15 is 0 Å². The van der Waals surface area contributed by atoms with Gasteiger partial charge in [0, 0.05) is 18.8 Å². The summed E-state index contributed by atoms with van der Waals surface area (Å²) in [6, 6.07) is 7.85. The average molecular weight is 480 g/mol. The van der Waals surface area contributed by atoms with E-state index in [0.717, 1.165) is 28.7 Å². The summed E-state index contributed by atoms with van der Waals surface area (Å²) in [6.45, 7) is 0. The van der Waals surface area contributed by atoms with Gasteiger partial charge >= 0.3 is 0 Å². The summed E-state index contributed by atoms with van der Waals surface area (Å²) in [7, 11) is 0. The zero-order chi connectivity index (χ0) is 12.6. The second kappa shape index (κ2) is 5.93. The largest absolute Gasteiger partial charge is 0.126 e. The van der Waals surface area contributed by atoms with Crippen molar-refractivity contribution in [1.82, 2.24) is 0 Å². The van der Waals surface area contributed by atoms with E-state index in [4.69, 9.17) is 23.2 Å². The summed E-state index contributed by atoms with van der Waals surface area (Å²) in [5.74, 6) is 0. The number of halogens is 5. The lowest BCUT2D eigenvalue weighted by Crippen LogP contribution is -1.90. The van der Waals surface area contributed by atoms with Crippen molar-refractivity contribution in [3.8, 4) is 0 Å². The van der Waals surface area contributed by atoms with Crippen LogP contribution in [0.25, 0.3) is 0 Å². The van der Waals surface area contributed by atoms with Crippen LogP contribution in [-0.2, 0) is 0 Å². The number of rotatable bonds is 2. The van der Waals surface area contributed by atoms with Gasteiger partial charge in [-0.2, -0.15) is 0 Å². The van der Waals surface area contributed by atoms with Crippen LogP contribution >= 0.6 is 82.3 Å². The maximum Gasteiger partial charge on any atom is 0.107 e. The van der Waals surface area contributed by atoms with Crippen LogP contribution in [0.15, 0.2) is 33.2 Å². The Labute approximate surface area is 139 Å². The first-order valence-corrected chi connectivity index (χ1v) is 8.60. The predicted octanol–water partition coefficient (Wildman–Crippen LogP) is 7.06. The van der Waals surface area contributed by atoms with Crippen LogP contribution in [0.1, 0.15) is 15.3 Å². The third kappa shape index (κ3) is 3.28. The van der Waals surface area contributed by atoms with E-state index in [1.807, 2.05) is 24.3 Å². The van der Waals surface area contributed by atoms with Gasteiger partial charge in [-0.05, 0) is 39.7 Å². The summed E-state index contributed by atoms with van der Waals surface area (Å²) in [5, 5.41) is 0.724. The van der Waals surface area contributed by atoms with Gasteiger partial charge in [0.1, 0.15) is 4.34 Å². The molecule has 0 aliphatic heterocycles. The molecule has 0 radical (unpaired) electrons. The molecule has 17 heavy (non-hydrogen) atoms. The molecule has 1 aromatic heterocycles. The second-order valence-electron chi connectivity index (χ2n) is 3.30. The molecule has 2 aromatic rings. The Morgan fingerprint density at radius 3 is 2.35 bits per heavy atom. The number of thiophene rings is 1. The molecule has 0 fully saturated rings. The molecule has 0 nitrogen and oxygen atoms in total. The Kier molecular flexibility index (Phi) is 5.01. The number of hydrogen-bond donors (Lipinski definition) is 0. The van der Waals surface area contributed by atoms with E-state index in [1.165, 1.54) is 11.3 Å². The van der Waals surface area contributed by atoms with Gasteiger partial charge in [0.15, 0.2) is 0 Å². The van der Waals surface area contributed by atoms with Crippen molar-refractivity contribution in [1.29, 1.82) is 0 Å². The fourth-order valence-electron chi connectivity index (χ4n) is 1.35. The quantitative estimate of drug-likeness (QED) is 0.404. The summed E-state index contributed by atoms with van der Waals surface area (Å²) >= 11 is 24.2. The van der Waals surface area contributed by atoms with Crippen molar-refractivity contribution < 1.29 is 0 Å². The van der Waals surface area contributed by atoms with Gasteiger partial charge in [0.2, 0.25) is 0 Å². The van der Waals surface area contributed by atoms with Gasteiger partial charge in [-0.15, -0.1) is 11.3 Å². The fourth-order valence-corrected chi connectivity index (χ4v) is 4.81. The lowest BCUT2D eigenvalue weighted by atomic mass is 10.1. The highest BCUT2D eigenvalue weighted by molar-refractivity contribution is 9.11. The Morgan fingerprint density at radius 2 is 1.82 bits per heavy atom. The zero-order valence-corrected chi connectivity index (χ0v) is 15.3. The van der Waals surface area contributed by atoms with Gasteiger partial charge in [-0.1, -0.05) is 61.1 Å². The van der Waals surface area contributed by atoms with Crippen molar-refractivity contribution in [2.45, 2.75) is 4.83 Å². The molecule has 0 spiro atoms. The highest BCUT2D eigenvalue weighted by Gasteiger charge is 2.17. The maximum atomic E-state index is 6.22. The first-order chi connectivity index (χ1) is 7.99. The molecular formula is C11H5Br3Cl2S. The minimum atomic E-state index is 0.0527. The van der Waals surface area contributed by atoms with Crippen molar-refractivity contribution in [3.05, 3.63) is 53.0 Å². The second-order valence-corrected chi connectivity index (χ2v) is 8.08. The Hall–Kier alpha value is 0.940. The van der Waals surface area contributed by atoms with Gasteiger partial charge in [0.25, 0.3) is 0 Å². The first-order valence-electron chi connectivity index (χ1n) is 4.53. The molecule has 0 bridgehead atoms. The van der Waals surface area contributed by atoms with Crippen LogP contribution in [0.3, 0.4) is 0 Å². The van der Waals surface area contributed by atoms with Gasteiger partial charge < -0.3 is 0 Å². The normalized spacial score (nSPS) is 12.8. The van der Waals surface area contributed by atoms with Gasteiger partial charge in [-0.3, -0.25) is 0 Å². The Bertz CT molecular complexity index is 534. The van der Waals surface area contributed by atoms with E-state index in [9.17, 15) is 0 Å².